The summed E-state index contributed by atoms with van der Waals surface area (Å²) in [7, 11) is 1.23. The van der Waals surface area contributed by atoms with Crippen LogP contribution in [0.2, 0.25) is 0 Å². The highest BCUT2D eigenvalue weighted by atomic mass is 32.2. The van der Waals surface area contributed by atoms with E-state index in [1.807, 2.05) is 30.3 Å². The number of pyridine rings is 1. The van der Waals surface area contributed by atoms with Crippen LogP contribution >= 0.6 is 23.1 Å². The van der Waals surface area contributed by atoms with E-state index < -0.39 is 11.9 Å². The summed E-state index contributed by atoms with van der Waals surface area (Å²) in [4.78, 5) is 42.0. The van der Waals surface area contributed by atoms with Crippen molar-refractivity contribution in [3.63, 3.8) is 0 Å². The van der Waals surface area contributed by atoms with Gasteiger partial charge in [0.15, 0.2) is 0 Å². The summed E-state index contributed by atoms with van der Waals surface area (Å²) in [6.07, 6.45) is 0.0963. The lowest BCUT2D eigenvalue weighted by molar-refractivity contribution is -0.115. The van der Waals surface area contributed by atoms with Crippen molar-refractivity contribution in [3.05, 3.63) is 64.0 Å². The van der Waals surface area contributed by atoms with Gasteiger partial charge in [-0.1, -0.05) is 30.3 Å². The Kier molecular flexibility index (Phi) is 9.00. The van der Waals surface area contributed by atoms with Crippen LogP contribution in [0.25, 0.3) is 11.3 Å². The predicted octanol–water partition coefficient (Wildman–Crippen LogP) is 5.07. The zero-order chi connectivity index (χ0) is 25.4. The quantitative estimate of drug-likeness (QED) is 0.314. The second-order valence-corrected chi connectivity index (χ2v) is 9.25. The number of ether oxygens (including phenoxy) is 2. The molecule has 0 saturated carbocycles. The molecule has 0 spiro atoms. The number of hydrogen-bond donors (Lipinski definition) is 1. The first-order chi connectivity index (χ1) is 16.9. The van der Waals surface area contributed by atoms with Gasteiger partial charge in [0.1, 0.15) is 21.0 Å². The molecule has 0 saturated heterocycles. The molecule has 3 rings (SSSR count). The normalized spacial score (nSPS) is 10.3. The van der Waals surface area contributed by atoms with Gasteiger partial charge in [-0.15, -0.1) is 23.1 Å². The van der Waals surface area contributed by atoms with Crippen LogP contribution in [0.5, 0.6) is 0 Å². The van der Waals surface area contributed by atoms with Gasteiger partial charge in [0, 0.05) is 17.7 Å². The van der Waals surface area contributed by atoms with Crippen molar-refractivity contribution in [1.29, 1.82) is 5.26 Å². The number of esters is 2. The maximum absolute atomic E-state index is 12.7. The maximum Gasteiger partial charge on any atom is 0.348 e. The number of carbonyl (C=O) groups excluding carboxylic acids is 3. The summed E-state index contributed by atoms with van der Waals surface area (Å²) in [5, 5.41) is 12.9. The molecule has 8 nitrogen and oxygen atoms in total. The van der Waals surface area contributed by atoms with Crippen LogP contribution in [0, 0.1) is 18.3 Å². The maximum atomic E-state index is 12.7. The van der Waals surface area contributed by atoms with Crippen LogP contribution in [0.15, 0.2) is 47.5 Å². The summed E-state index contributed by atoms with van der Waals surface area (Å²) < 4.78 is 9.87. The van der Waals surface area contributed by atoms with Crippen molar-refractivity contribution in [3.8, 4) is 17.3 Å². The molecule has 2 aromatic heterocycles. The molecule has 0 unspecified atom stereocenters. The molecule has 0 aliphatic carbocycles. The number of thiophene rings is 1. The van der Waals surface area contributed by atoms with E-state index in [4.69, 9.17) is 9.47 Å². The first-order valence-electron chi connectivity index (χ1n) is 10.7. The lowest BCUT2D eigenvalue weighted by Crippen LogP contribution is -2.14. The number of benzene rings is 1. The third-order valence-corrected chi connectivity index (χ3v) is 7.05. The van der Waals surface area contributed by atoms with Crippen molar-refractivity contribution in [2.75, 3.05) is 24.8 Å². The largest absolute Gasteiger partial charge is 0.465 e. The van der Waals surface area contributed by atoms with Gasteiger partial charge in [0.25, 0.3) is 0 Å². The minimum atomic E-state index is -0.653. The van der Waals surface area contributed by atoms with Crippen LogP contribution in [0.1, 0.15) is 44.5 Å². The van der Waals surface area contributed by atoms with Crippen LogP contribution in [0.3, 0.4) is 0 Å². The second-order valence-electron chi connectivity index (χ2n) is 7.15. The molecule has 3 aromatic rings. The number of nitrogens with zero attached hydrogens (tertiary/aromatic N) is 2. The highest BCUT2D eigenvalue weighted by molar-refractivity contribution is 7.99. The Hall–Kier alpha value is -3.68. The van der Waals surface area contributed by atoms with Crippen LogP contribution < -0.4 is 5.32 Å². The number of nitriles is 1. The third kappa shape index (κ3) is 6.26. The number of methoxy groups -OCH3 is 1. The average molecular weight is 510 g/mol. The molecular formula is C25H23N3O5S2. The molecular weight excluding hydrogens is 486 g/mol. The number of nitrogens with one attached hydrogen (secondary N) is 1. The van der Waals surface area contributed by atoms with E-state index in [-0.39, 0.29) is 34.4 Å². The van der Waals surface area contributed by atoms with Gasteiger partial charge < -0.3 is 14.8 Å². The first-order valence-corrected chi connectivity index (χ1v) is 12.5. The number of aromatic nitrogens is 1. The Balaban J connectivity index is 1.71. The molecule has 0 fully saturated rings. The molecule has 1 amide bonds. The van der Waals surface area contributed by atoms with E-state index in [9.17, 15) is 19.6 Å². The number of rotatable bonds is 9. The lowest BCUT2D eigenvalue weighted by atomic mass is 10.1. The number of hydrogen-bond acceptors (Lipinski definition) is 9. The zero-order valence-corrected chi connectivity index (χ0v) is 21.0. The van der Waals surface area contributed by atoms with Crippen molar-refractivity contribution >= 4 is 45.9 Å². The van der Waals surface area contributed by atoms with E-state index in [2.05, 4.69) is 16.4 Å². The third-order valence-electron chi connectivity index (χ3n) is 4.87. The molecule has 10 heteroatoms. The predicted molar refractivity (Wildman–Crippen MR) is 135 cm³/mol. The van der Waals surface area contributed by atoms with Gasteiger partial charge in [-0.3, -0.25) is 4.79 Å². The Morgan fingerprint density at radius 2 is 1.89 bits per heavy atom. The van der Waals surface area contributed by atoms with Crippen LogP contribution in [-0.2, 0) is 14.3 Å². The molecule has 180 valence electrons. The van der Waals surface area contributed by atoms with E-state index in [0.717, 1.165) is 22.6 Å². The Labute approximate surface area is 211 Å². The molecule has 0 aliphatic rings. The highest BCUT2D eigenvalue weighted by Crippen LogP contribution is 2.34. The fourth-order valence-corrected chi connectivity index (χ4v) is 5.19. The molecule has 2 heterocycles. The fraction of sp³-hybridized carbons (Fsp3) is 0.240. The molecule has 0 aliphatic heterocycles. The Bertz CT molecular complexity index is 1280. The standard InChI is InChI=1S/C25H23N3O5S2/c1-4-33-25(31)21-15(2)20(24(30)32-3)23(35-21)28-19(29)12-13-34-22-17(14-26)10-11-18(27-22)16-8-6-5-7-9-16/h5-11H,4,12-13H2,1-3H3,(H,28,29). The summed E-state index contributed by atoms with van der Waals surface area (Å²) in [6.45, 7) is 3.48. The molecule has 1 N–H and O–H groups in total. The minimum absolute atomic E-state index is 0.0963. The van der Waals surface area contributed by atoms with Crippen molar-refractivity contribution in [1.82, 2.24) is 4.98 Å². The summed E-state index contributed by atoms with van der Waals surface area (Å²) >= 11 is 2.27. The fourth-order valence-electron chi connectivity index (χ4n) is 3.18. The number of amides is 1. The minimum Gasteiger partial charge on any atom is -0.465 e. The van der Waals surface area contributed by atoms with Gasteiger partial charge in [-0.25, -0.2) is 14.6 Å². The van der Waals surface area contributed by atoms with E-state index in [0.29, 0.717) is 21.9 Å². The molecule has 0 radical (unpaired) electrons. The smallest absolute Gasteiger partial charge is 0.348 e. The highest BCUT2D eigenvalue weighted by Gasteiger charge is 2.27. The van der Waals surface area contributed by atoms with Crippen molar-refractivity contribution in [2.24, 2.45) is 0 Å². The SMILES string of the molecule is CCOC(=O)c1sc(NC(=O)CCSc2nc(-c3ccccc3)ccc2C#N)c(C(=O)OC)c1C. The van der Waals surface area contributed by atoms with E-state index >= 15 is 0 Å². The molecule has 0 atom stereocenters. The van der Waals surface area contributed by atoms with Crippen molar-refractivity contribution < 1.29 is 23.9 Å². The van der Waals surface area contributed by atoms with Gasteiger partial charge >= 0.3 is 11.9 Å². The van der Waals surface area contributed by atoms with Gasteiger partial charge in [0.2, 0.25) is 5.91 Å². The average Bonchev–Trinajstić information content (AvgIpc) is 3.19. The first kappa shape index (κ1) is 25.9. The Morgan fingerprint density at radius 1 is 1.14 bits per heavy atom. The number of anilines is 1. The monoisotopic (exact) mass is 509 g/mol. The zero-order valence-electron chi connectivity index (χ0n) is 19.4. The molecule has 35 heavy (non-hydrogen) atoms. The Morgan fingerprint density at radius 3 is 2.54 bits per heavy atom. The van der Waals surface area contributed by atoms with E-state index in [1.54, 1.807) is 26.0 Å². The molecule has 0 bridgehead atoms. The number of carbonyl (C=O) groups is 3. The number of thioether (sulfide) groups is 1. The summed E-state index contributed by atoms with van der Waals surface area (Å²) in [5.41, 5.74) is 2.62. The molecule has 1 aromatic carbocycles. The van der Waals surface area contributed by atoms with Gasteiger partial charge in [-0.2, -0.15) is 5.26 Å². The van der Waals surface area contributed by atoms with Crippen LogP contribution in [0.4, 0.5) is 5.00 Å². The topological polar surface area (TPSA) is 118 Å². The van der Waals surface area contributed by atoms with Crippen molar-refractivity contribution in [2.45, 2.75) is 25.3 Å². The van der Waals surface area contributed by atoms with E-state index in [1.165, 1.54) is 18.9 Å². The summed E-state index contributed by atoms with van der Waals surface area (Å²) in [5.74, 6) is -1.21. The lowest BCUT2D eigenvalue weighted by Gasteiger charge is -2.08. The van der Waals surface area contributed by atoms with Gasteiger partial charge in [-0.05, 0) is 31.5 Å². The second kappa shape index (κ2) is 12.1. The van der Waals surface area contributed by atoms with Gasteiger partial charge in [0.05, 0.1) is 30.5 Å². The van der Waals surface area contributed by atoms with Crippen LogP contribution in [-0.4, -0.2) is 42.3 Å². The summed E-state index contributed by atoms with van der Waals surface area (Å²) in [6, 6.07) is 15.2.